The summed E-state index contributed by atoms with van der Waals surface area (Å²) in [6.45, 7) is -0.678. The quantitative estimate of drug-likeness (QED) is 0.426. The van der Waals surface area contributed by atoms with Gasteiger partial charge in [0, 0.05) is 49.3 Å². The Morgan fingerprint density at radius 2 is 1.71 bits per heavy atom. The van der Waals surface area contributed by atoms with Gasteiger partial charge in [0.05, 0.1) is 17.9 Å². The number of imidazole rings is 1. The van der Waals surface area contributed by atoms with Crippen molar-refractivity contribution in [1.82, 2.24) is 19.4 Å². The number of rotatable bonds is 5. The Morgan fingerprint density at radius 3 is 2.34 bits per heavy atom. The molecular weight excluding hydrogens is 483 g/mol. The number of benzene rings is 1. The SMILES string of the molecule is NC(CC(=O)N1CCn2c(C(F)(F)F)nc(-c3cc(F)nc(F)c3)c2C1)Cc1ccc(F)cc1F. The van der Waals surface area contributed by atoms with Gasteiger partial charge in [0.2, 0.25) is 23.6 Å². The molecule has 2 N–H and O–H groups in total. The highest BCUT2D eigenvalue weighted by molar-refractivity contribution is 5.77. The zero-order valence-corrected chi connectivity index (χ0v) is 17.9. The predicted molar refractivity (Wildman–Crippen MR) is 108 cm³/mol. The molecule has 0 radical (unpaired) electrons. The zero-order valence-electron chi connectivity index (χ0n) is 17.9. The van der Waals surface area contributed by atoms with Gasteiger partial charge in [-0.15, -0.1) is 0 Å². The molecule has 1 aliphatic heterocycles. The van der Waals surface area contributed by atoms with Gasteiger partial charge in [-0.25, -0.2) is 13.8 Å². The van der Waals surface area contributed by atoms with Gasteiger partial charge in [0.15, 0.2) is 0 Å². The number of carbonyl (C=O) groups is 1. The van der Waals surface area contributed by atoms with Gasteiger partial charge < -0.3 is 15.2 Å². The number of fused-ring (bicyclic) bond motifs is 1. The van der Waals surface area contributed by atoms with Crippen LogP contribution in [-0.2, 0) is 30.5 Å². The van der Waals surface area contributed by atoms with Crippen LogP contribution in [0.4, 0.5) is 30.7 Å². The third-order valence-corrected chi connectivity index (χ3v) is 5.58. The molecule has 13 heteroatoms. The van der Waals surface area contributed by atoms with Crippen molar-refractivity contribution in [3.63, 3.8) is 0 Å². The van der Waals surface area contributed by atoms with Crippen molar-refractivity contribution < 1.29 is 35.5 Å². The summed E-state index contributed by atoms with van der Waals surface area (Å²) < 4.78 is 95.8. The van der Waals surface area contributed by atoms with Crippen molar-refractivity contribution in [1.29, 1.82) is 0 Å². The van der Waals surface area contributed by atoms with Crippen molar-refractivity contribution in [3.05, 3.63) is 70.9 Å². The number of carbonyl (C=O) groups excluding carboxylic acids is 1. The second kappa shape index (κ2) is 9.29. The number of nitrogens with two attached hydrogens (primary N) is 1. The molecule has 0 saturated carbocycles. The lowest BCUT2D eigenvalue weighted by atomic mass is 10.0. The minimum Gasteiger partial charge on any atom is -0.335 e. The van der Waals surface area contributed by atoms with E-state index in [2.05, 4.69) is 9.97 Å². The lowest BCUT2D eigenvalue weighted by molar-refractivity contribution is -0.148. The minimum absolute atomic E-state index is 0.0555. The van der Waals surface area contributed by atoms with Crippen LogP contribution in [0, 0.1) is 23.5 Å². The molecule has 1 aliphatic rings. The van der Waals surface area contributed by atoms with E-state index in [1.54, 1.807) is 0 Å². The van der Waals surface area contributed by atoms with E-state index in [0.29, 0.717) is 6.07 Å². The Labute approximate surface area is 194 Å². The Hall–Kier alpha value is -3.48. The number of aromatic nitrogens is 3. The first-order chi connectivity index (χ1) is 16.4. The van der Waals surface area contributed by atoms with Crippen LogP contribution in [0.2, 0.25) is 0 Å². The molecular formula is C22H18F7N5O. The molecule has 3 aromatic rings. The molecule has 0 bridgehead atoms. The fourth-order valence-corrected chi connectivity index (χ4v) is 4.03. The van der Waals surface area contributed by atoms with E-state index < -0.39 is 47.5 Å². The Balaban J connectivity index is 1.57. The molecule has 1 aromatic carbocycles. The maximum Gasteiger partial charge on any atom is 0.449 e. The van der Waals surface area contributed by atoms with Crippen molar-refractivity contribution in [3.8, 4) is 11.3 Å². The molecule has 4 rings (SSSR count). The van der Waals surface area contributed by atoms with E-state index in [1.807, 2.05) is 0 Å². The summed E-state index contributed by atoms with van der Waals surface area (Å²) in [5.41, 5.74) is 5.44. The highest BCUT2D eigenvalue weighted by Gasteiger charge is 2.41. The number of halogens is 7. The zero-order chi connectivity index (χ0) is 25.5. The molecule has 186 valence electrons. The molecule has 2 aromatic heterocycles. The molecule has 1 atom stereocenters. The molecule has 35 heavy (non-hydrogen) atoms. The maximum atomic E-state index is 13.9. The summed E-state index contributed by atoms with van der Waals surface area (Å²) in [6, 6.07) is 3.62. The van der Waals surface area contributed by atoms with Crippen LogP contribution >= 0.6 is 0 Å². The first-order valence-electron chi connectivity index (χ1n) is 10.4. The van der Waals surface area contributed by atoms with E-state index >= 15 is 0 Å². The monoisotopic (exact) mass is 501 g/mol. The molecule has 0 fully saturated rings. The molecule has 6 nitrogen and oxygen atoms in total. The Morgan fingerprint density at radius 1 is 1.03 bits per heavy atom. The predicted octanol–water partition coefficient (Wildman–Crippen LogP) is 3.82. The van der Waals surface area contributed by atoms with E-state index in [9.17, 15) is 35.5 Å². The standard InChI is InChI=1S/C22H18F7N5O/c23-13-2-1-11(15(24)8-13)5-14(30)9-19(35)33-3-4-34-16(10-33)20(32-21(34)22(27,28)29)12-6-17(25)31-18(26)7-12/h1-2,6-8,14H,3-5,9-10,30H2. The van der Waals surface area contributed by atoms with Crippen LogP contribution in [0.3, 0.4) is 0 Å². The molecule has 0 spiro atoms. The van der Waals surface area contributed by atoms with E-state index in [1.165, 1.54) is 11.0 Å². The van der Waals surface area contributed by atoms with E-state index in [0.717, 1.165) is 22.8 Å². The number of nitrogens with zero attached hydrogens (tertiary/aromatic N) is 4. The third-order valence-electron chi connectivity index (χ3n) is 5.58. The van der Waals surface area contributed by atoms with Crippen LogP contribution in [0.15, 0.2) is 30.3 Å². The first-order valence-corrected chi connectivity index (χ1v) is 10.4. The number of pyridine rings is 1. The molecule has 3 heterocycles. The minimum atomic E-state index is -4.84. The average molecular weight is 501 g/mol. The van der Waals surface area contributed by atoms with Crippen molar-refractivity contribution >= 4 is 5.91 Å². The van der Waals surface area contributed by atoms with E-state index in [4.69, 9.17) is 5.73 Å². The van der Waals surface area contributed by atoms with Gasteiger partial charge in [-0.2, -0.15) is 26.9 Å². The Bertz CT molecular complexity index is 1250. The fourth-order valence-electron chi connectivity index (χ4n) is 4.03. The van der Waals surface area contributed by atoms with E-state index in [-0.39, 0.29) is 55.0 Å². The second-order valence-corrected chi connectivity index (χ2v) is 8.10. The fraction of sp³-hybridized carbons (Fsp3) is 0.318. The highest BCUT2D eigenvalue weighted by Crippen LogP contribution is 2.36. The van der Waals surface area contributed by atoms with Crippen LogP contribution in [0.1, 0.15) is 23.5 Å². The largest absolute Gasteiger partial charge is 0.449 e. The number of alkyl halides is 3. The Kier molecular flexibility index (Phi) is 6.54. The van der Waals surface area contributed by atoms with Gasteiger partial charge in [-0.1, -0.05) is 6.07 Å². The number of amides is 1. The molecule has 0 aliphatic carbocycles. The lowest BCUT2D eigenvalue weighted by Gasteiger charge is -2.30. The summed E-state index contributed by atoms with van der Waals surface area (Å²) in [4.78, 5) is 20.6. The van der Waals surface area contributed by atoms with Gasteiger partial charge in [0.25, 0.3) is 0 Å². The number of hydrogen-bond donors (Lipinski definition) is 1. The summed E-state index contributed by atoms with van der Waals surface area (Å²) in [6.07, 6.45) is -5.17. The summed E-state index contributed by atoms with van der Waals surface area (Å²) in [7, 11) is 0. The first kappa shape index (κ1) is 24.6. The van der Waals surface area contributed by atoms with Crippen molar-refractivity contribution in [2.45, 2.75) is 38.1 Å². The van der Waals surface area contributed by atoms with Crippen molar-refractivity contribution in [2.24, 2.45) is 5.73 Å². The van der Waals surface area contributed by atoms with Gasteiger partial charge >= 0.3 is 6.18 Å². The topological polar surface area (TPSA) is 77.0 Å². The van der Waals surface area contributed by atoms with Crippen LogP contribution in [0.5, 0.6) is 0 Å². The molecule has 1 amide bonds. The highest BCUT2D eigenvalue weighted by atomic mass is 19.4. The molecule has 0 saturated heterocycles. The number of hydrogen-bond acceptors (Lipinski definition) is 4. The summed E-state index contributed by atoms with van der Waals surface area (Å²) in [5.74, 6) is -5.81. The van der Waals surface area contributed by atoms with Crippen molar-refractivity contribution in [2.75, 3.05) is 6.54 Å². The smallest absolute Gasteiger partial charge is 0.335 e. The normalized spacial score (nSPS) is 14.7. The average Bonchev–Trinajstić information content (AvgIpc) is 3.14. The van der Waals surface area contributed by atoms with Gasteiger partial charge in [-0.3, -0.25) is 4.79 Å². The van der Waals surface area contributed by atoms with Crippen LogP contribution in [-0.4, -0.2) is 37.9 Å². The summed E-state index contributed by atoms with van der Waals surface area (Å²) >= 11 is 0. The lowest BCUT2D eigenvalue weighted by Crippen LogP contribution is -2.42. The van der Waals surface area contributed by atoms with Gasteiger partial charge in [-0.05, 0) is 18.1 Å². The maximum absolute atomic E-state index is 13.9. The summed E-state index contributed by atoms with van der Waals surface area (Å²) in [5, 5.41) is 0. The third kappa shape index (κ3) is 5.29. The van der Waals surface area contributed by atoms with Gasteiger partial charge in [0.1, 0.15) is 11.6 Å². The van der Waals surface area contributed by atoms with Crippen LogP contribution in [0.25, 0.3) is 11.3 Å². The van der Waals surface area contributed by atoms with Crippen LogP contribution < -0.4 is 5.73 Å². The second-order valence-electron chi connectivity index (χ2n) is 8.10. The molecule has 1 unspecified atom stereocenters.